The fraction of sp³-hybridized carbons (Fsp3) is 0.400. The van der Waals surface area contributed by atoms with E-state index in [1.165, 1.54) is 28.6 Å². The van der Waals surface area contributed by atoms with Crippen molar-refractivity contribution in [3.8, 4) is 0 Å². The summed E-state index contributed by atoms with van der Waals surface area (Å²) in [4.78, 5) is 16.7. The molecular weight excluding hydrogens is 435 g/mol. The molecule has 1 N–H and O–H groups in total. The third kappa shape index (κ3) is 4.99. The number of aromatic nitrogens is 1. The van der Waals surface area contributed by atoms with Gasteiger partial charge in [-0.2, -0.15) is 17.5 Å². The number of anilines is 1. The van der Waals surface area contributed by atoms with Gasteiger partial charge < -0.3 is 10.0 Å². The van der Waals surface area contributed by atoms with Crippen molar-refractivity contribution in [1.82, 2.24) is 9.29 Å². The molecule has 31 heavy (non-hydrogen) atoms. The van der Waals surface area contributed by atoms with Crippen LogP contribution in [0.25, 0.3) is 0 Å². The molecule has 1 aromatic carbocycles. The first kappa shape index (κ1) is 23.0. The van der Waals surface area contributed by atoms with E-state index < -0.39 is 27.7 Å². The highest BCUT2D eigenvalue weighted by molar-refractivity contribution is 7.89. The summed E-state index contributed by atoms with van der Waals surface area (Å²) in [5.74, 6) is -0.719. The molecule has 0 unspecified atom stereocenters. The second-order valence-corrected chi connectivity index (χ2v) is 9.49. The number of carboxylic acid groups (broad SMARTS) is 1. The number of benzene rings is 1. The first-order valence-electron chi connectivity index (χ1n) is 9.52. The van der Waals surface area contributed by atoms with Crippen LogP contribution in [0, 0.1) is 0 Å². The van der Waals surface area contributed by atoms with Gasteiger partial charge in [0.15, 0.2) is 0 Å². The molecule has 0 spiro atoms. The van der Waals surface area contributed by atoms with Crippen LogP contribution in [-0.4, -0.2) is 54.0 Å². The summed E-state index contributed by atoms with van der Waals surface area (Å²) in [6, 6.07) is 7.37. The molecule has 11 heteroatoms. The number of rotatable bonds is 5. The number of hydrogen-bond acceptors (Lipinski definition) is 5. The van der Waals surface area contributed by atoms with E-state index in [1.54, 1.807) is 24.8 Å². The molecule has 0 amide bonds. The molecule has 2 atom stereocenters. The SMILES string of the molecule is C[C@@H]1CN(S(=O)(=O)c2cccc(CC(=O)O)c2)C[C@H](C)N1c1ccc(C(F)(F)F)cn1. The number of sulfonamides is 1. The van der Waals surface area contributed by atoms with E-state index in [0.29, 0.717) is 11.4 Å². The van der Waals surface area contributed by atoms with Crippen molar-refractivity contribution < 1.29 is 31.5 Å². The van der Waals surface area contributed by atoms with Gasteiger partial charge in [0.25, 0.3) is 0 Å². The molecule has 0 saturated carbocycles. The van der Waals surface area contributed by atoms with Crippen molar-refractivity contribution >= 4 is 21.8 Å². The van der Waals surface area contributed by atoms with Crippen molar-refractivity contribution in [1.29, 1.82) is 0 Å². The van der Waals surface area contributed by atoms with Crippen LogP contribution in [0.4, 0.5) is 19.0 Å². The van der Waals surface area contributed by atoms with Crippen LogP contribution >= 0.6 is 0 Å². The maximum Gasteiger partial charge on any atom is 0.417 e. The minimum absolute atomic E-state index is 0.00625. The third-order valence-corrected chi connectivity index (χ3v) is 6.94. The quantitative estimate of drug-likeness (QED) is 0.742. The largest absolute Gasteiger partial charge is 0.481 e. The van der Waals surface area contributed by atoms with Gasteiger partial charge >= 0.3 is 12.1 Å². The van der Waals surface area contributed by atoms with Crippen LogP contribution in [0.15, 0.2) is 47.5 Å². The van der Waals surface area contributed by atoms with Gasteiger partial charge in [0, 0.05) is 31.4 Å². The number of aliphatic carboxylic acids is 1. The molecule has 0 radical (unpaired) electrons. The van der Waals surface area contributed by atoms with E-state index in [-0.39, 0.29) is 36.5 Å². The number of carbonyl (C=O) groups is 1. The Bertz CT molecular complexity index is 1050. The molecule has 0 bridgehead atoms. The molecule has 1 fully saturated rings. The van der Waals surface area contributed by atoms with Gasteiger partial charge in [-0.15, -0.1) is 0 Å². The summed E-state index contributed by atoms with van der Waals surface area (Å²) < 4.78 is 66.0. The van der Waals surface area contributed by atoms with Gasteiger partial charge in [0.1, 0.15) is 5.82 Å². The lowest BCUT2D eigenvalue weighted by atomic mass is 10.1. The van der Waals surface area contributed by atoms with E-state index in [2.05, 4.69) is 4.98 Å². The standard InChI is InChI=1S/C20H22F3N3O4S/c1-13-11-25(31(29,30)17-5-3-4-15(8-17)9-19(27)28)12-14(2)26(13)18-7-6-16(10-24-18)20(21,22)23/h3-8,10,13-14H,9,11-12H2,1-2H3,(H,27,28)/t13-,14+. The summed E-state index contributed by atoms with van der Waals surface area (Å²) in [7, 11) is -3.87. The van der Waals surface area contributed by atoms with Gasteiger partial charge in [0.2, 0.25) is 10.0 Å². The monoisotopic (exact) mass is 457 g/mol. The Balaban J connectivity index is 1.81. The summed E-state index contributed by atoms with van der Waals surface area (Å²) >= 11 is 0. The maximum absolute atomic E-state index is 13.1. The van der Waals surface area contributed by atoms with Gasteiger partial charge in [-0.1, -0.05) is 12.1 Å². The van der Waals surface area contributed by atoms with Crippen molar-refractivity contribution in [2.45, 2.75) is 43.4 Å². The van der Waals surface area contributed by atoms with Crippen LogP contribution in [-0.2, 0) is 27.4 Å². The Hall–Kier alpha value is -2.66. The third-order valence-electron chi connectivity index (χ3n) is 5.12. The highest BCUT2D eigenvalue weighted by Crippen LogP contribution is 2.31. The number of piperazine rings is 1. The smallest absolute Gasteiger partial charge is 0.417 e. The lowest BCUT2D eigenvalue weighted by molar-refractivity contribution is -0.138. The lowest BCUT2D eigenvalue weighted by Crippen LogP contribution is -2.58. The van der Waals surface area contributed by atoms with E-state index in [0.717, 1.165) is 12.3 Å². The van der Waals surface area contributed by atoms with Crippen LogP contribution in [0.1, 0.15) is 25.0 Å². The molecule has 1 aliphatic heterocycles. The average Bonchev–Trinajstić information content (AvgIpc) is 2.67. The lowest BCUT2D eigenvalue weighted by Gasteiger charge is -2.44. The second kappa shape index (κ2) is 8.46. The molecular formula is C20H22F3N3O4S. The maximum atomic E-state index is 13.1. The Morgan fingerprint density at radius 3 is 2.32 bits per heavy atom. The van der Waals surface area contributed by atoms with Gasteiger partial charge in [-0.25, -0.2) is 13.4 Å². The van der Waals surface area contributed by atoms with Gasteiger partial charge in [-0.3, -0.25) is 4.79 Å². The van der Waals surface area contributed by atoms with E-state index >= 15 is 0 Å². The molecule has 1 aliphatic rings. The zero-order valence-electron chi connectivity index (χ0n) is 16.9. The molecule has 3 rings (SSSR count). The molecule has 1 saturated heterocycles. The first-order chi connectivity index (χ1) is 14.4. The van der Waals surface area contributed by atoms with Crippen molar-refractivity contribution in [2.75, 3.05) is 18.0 Å². The minimum Gasteiger partial charge on any atom is -0.481 e. The molecule has 1 aromatic heterocycles. The van der Waals surface area contributed by atoms with Crippen LogP contribution in [0.5, 0.6) is 0 Å². The number of pyridine rings is 1. The van der Waals surface area contributed by atoms with Crippen LogP contribution < -0.4 is 4.90 Å². The predicted molar refractivity (Wildman–Crippen MR) is 107 cm³/mol. The number of carboxylic acids is 1. The van der Waals surface area contributed by atoms with E-state index in [9.17, 15) is 26.4 Å². The molecule has 0 aliphatic carbocycles. The Morgan fingerprint density at radius 2 is 1.81 bits per heavy atom. The average molecular weight is 457 g/mol. The predicted octanol–water partition coefficient (Wildman–Crippen LogP) is 3.02. The Labute approximate surface area is 178 Å². The van der Waals surface area contributed by atoms with Crippen LogP contribution in [0.3, 0.4) is 0 Å². The Kier molecular flexibility index (Phi) is 6.28. The number of alkyl halides is 3. The van der Waals surface area contributed by atoms with E-state index in [4.69, 9.17) is 5.11 Å². The topological polar surface area (TPSA) is 90.8 Å². The summed E-state index contributed by atoms with van der Waals surface area (Å²) in [6.07, 6.45) is -4.00. The second-order valence-electron chi connectivity index (χ2n) is 7.55. The normalized spacial score (nSPS) is 20.6. The summed E-state index contributed by atoms with van der Waals surface area (Å²) in [5, 5.41) is 8.94. The van der Waals surface area contributed by atoms with Crippen LogP contribution in [0.2, 0.25) is 0 Å². The molecule has 2 aromatic rings. The Morgan fingerprint density at radius 1 is 1.16 bits per heavy atom. The highest BCUT2D eigenvalue weighted by atomic mass is 32.2. The number of halogens is 3. The highest BCUT2D eigenvalue weighted by Gasteiger charge is 2.37. The van der Waals surface area contributed by atoms with Crippen molar-refractivity contribution in [3.05, 3.63) is 53.7 Å². The van der Waals surface area contributed by atoms with Gasteiger partial charge in [-0.05, 0) is 43.7 Å². The summed E-state index contributed by atoms with van der Waals surface area (Å²) in [5.41, 5.74) is -0.471. The van der Waals surface area contributed by atoms with E-state index in [1.807, 2.05) is 0 Å². The minimum atomic E-state index is -4.48. The zero-order chi connectivity index (χ0) is 23.0. The molecule has 168 valence electrons. The summed E-state index contributed by atoms with van der Waals surface area (Å²) in [6.45, 7) is 3.77. The molecule has 2 heterocycles. The van der Waals surface area contributed by atoms with Gasteiger partial charge in [0.05, 0.1) is 16.9 Å². The fourth-order valence-electron chi connectivity index (χ4n) is 3.77. The first-order valence-corrected chi connectivity index (χ1v) is 11.0. The number of hydrogen-bond donors (Lipinski definition) is 1. The number of nitrogens with zero attached hydrogens (tertiary/aromatic N) is 3. The van der Waals surface area contributed by atoms with Crippen molar-refractivity contribution in [2.24, 2.45) is 0 Å². The zero-order valence-corrected chi connectivity index (χ0v) is 17.7. The van der Waals surface area contributed by atoms with Crippen molar-refractivity contribution in [3.63, 3.8) is 0 Å². The fourth-order valence-corrected chi connectivity index (χ4v) is 5.44. The molecule has 7 nitrogen and oxygen atoms in total.